The molecular weight excluding hydrogens is 365 g/mol. The molecule has 0 aromatic heterocycles. The SMILES string of the molecule is CCCCNC(=O)CSCc1cc(F)cc2c1O[C@H](c1ccccc1)OC2. The quantitative estimate of drug-likeness (QED) is 0.671. The minimum absolute atomic E-state index is 0.00475. The van der Waals surface area contributed by atoms with E-state index >= 15 is 0 Å². The third-order valence-corrected chi connectivity index (χ3v) is 5.22. The van der Waals surface area contributed by atoms with Crippen LogP contribution in [-0.4, -0.2) is 18.2 Å². The molecule has 144 valence electrons. The van der Waals surface area contributed by atoms with Gasteiger partial charge in [-0.3, -0.25) is 4.79 Å². The lowest BCUT2D eigenvalue weighted by Crippen LogP contribution is -2.26. The Kier molecular flexibility index (Phi) is 7.12. The summed E-state index contributed by atoms with van der Waals surface area (Å²) in [5, 5.41) is 2.89. The molecule has 2 aromatic rings. The number of amides is 1. The van der Waals surface area contributed by atoms with Crippen LogP contribution in [-0.2, 0) is 21.9 Å². The molecule has 1 heterocycles. The van der Waals surface area contributed by atoms with Crippen LogP contribution in [0.5, 0.6) is 5.75 Å². The molecule has 3 rings (SSSR count). The van der Waals surface area contributed by atoms with Crippen molar-refractivity contribution in [1.82, 2.24) is 5.32 Å². The average molecular weight is 389 g/mol. The molecule has 0 spiro atoms. The van der Waals surface area contributed by atoms with E-state index in [4.69, 9.17) is 9.47 Å². The molecule has 4 nitrogen and oxygen atoms in total. The van der Waals surface area contributed by atoms with Gasteiger partial charge in [0.15, 0.2) is 0 Å². The fraction of sp³-hybridized carbons (Fsp3) is 0.381. The highest BCUT2D eigenvalue weighted by molar-refractivity contribution is 7.99. The number of fused-ring (bicyclic) bond motifs is 1. The van der Waals surface area contributed by atoms with Gasteiger partial charge in [-0.25, -0.2) is 4.39 Å². The Bertz CT molecular complexity index is 770. The van der Waals surface area contributed by atoms with Gasteiger partial charge >= 0.3 is 0 Å². The lowest BCUT2D eigenvalue weighted by molar-refractivity contribution is -0.118. The summed E-state index contributed by atoms with van der Waals surface area (Å²) in [6.45, 7) is 3.08. The number of carbonyl (C=O) groups is 1. The minimum atomic E-state index is -0.509. The Balaban J connectivity index is 1.65. The van der Waals surface area contributed by atoms with Crippen molar-refractivity contribution in [1.29, 1.82) is 0 Å². The molecule has 1 atom stereocenters. The number of ether oxygens (including phenoxy) is 2. The number of hydrogen-bond donors (Lipinski definition) is 1. The second kappa shape index (κ2) is 9.76. The molecule has 0 unspecified atom stereocenters. The highest BCUT2D eigenvalue weighted by Crippen LogP contribution is 2.37. The van der Waals surface area contributed by atoms with Gasteiger partial charge in [0.25, 0.3) is 0 Å². The van der Waals surface area contributed by atoms with Crippen LogP contribution in [0.4, 0.5) is 4.39 Å². The summed E-state index contributed by atoms with van der Waals surface area (Å²) in [5.41, 5.74) is 2.37. The van der Waals surface area contributed by atoms with Gasteiger partial charge in [-0.05, 0) is 18.6 Å². The van der Waals surface area contributed by atoms with Crippen molar-refractivity contribution in [2.24, 2.45) is 0 Å². The summed E-state index contributed by atoms with van der Waals surface area (Å²) in [6.07, 6.45) is 1.51. The lowest BCUT2D eigenvalue weighted by atomic mass is 10.1. The van der Waals surface area contributed by atoms with E-state index in [2.05, 4.69) is 12.2 Å². The Morgan fingerprint density at radius 2 is 2.11 bits per heavy atom. The van der Waals surface area contributed by atoms with Crippen LogP contribution in [0.25, 0.3) is 0 Å². The molecule has 27 heavy (non-hydrogen) atoms. The molecule has 1 aliphatic heterocycles. The average Bonchev–Trinajstić information content (AvgIpc) is 2.68. The van der Waals surface area contributed by atoms with E-state index in [9.17, 15) is 9.18 Å². The standard InChI is InChI=1S/C21H24FNO3S/c1-2-3-9-23-19(24)14-27-13-17-11-18(22)10-16-12-25-21(26-20(16)17)15-7-5-4-6-8-15/h4-8,10-11,21H,2-3,9,12-14H2,1H3,(H,23,24)/t21-/m1/s1. The maximum absolute atomic E-state index is 14.0. The first-order valence-corrected chi connectivity index (χ1v) is 10.3. The number of hydrogen-bond acceptors (Lipinski definition) is 4. The van der Waals surface area contributed by atoms with Crippen LogP contribution in [0.2, 0.25) is 0 Å². The fourth-order valence-electron chi connectivity index (χ4n) is 2.87. The second-order valence-corrected chi connectivity index (χ2v) is 7.41. The highest BCUT2D eigenvalue weighted by Gasteiger charge is 2.25. The highest BCUT2D eigenvalue weighted by atomic mass is 32.2. The van der Waals surface area contributed by atoms with Gasteiger partial charge in [-0.15, -0.1) is 11.8 Å². The van der Waals surface area contributed by atoms with E-state index < -0.39 is 6.29 Å². The summed E-state index contributed by atoms with van der Waals surface area (Å²) < 4.78 is 25.7. The van der Waals surface area contributed by atoms with Gasteiger partial charge in [-0.1, -0.05) is 43.7 Å². The molecule has 1 N–H and O–H groups in total. The predicted octanol–water partition coefficient (Wildman–Crippen LogP) is 4.58. The Labute approximate surface area is 163 Å². The number of nitrogens with one attached hydrogen (secondary N) is 1. The largest absolute Gasteiger partial charge is 0.460 e. The first kappa shape index (κ1) is 19.7. The first-order chi connectivity index (χ1) is 13.2. The molecule has 0 aliphatic carbocycles. The molecule has 0 bridgehead atoms. The molecule has 0 fully saturated rings. The number of halogens is 1. The van der Waals surface area contributed by atoms with Gasteiger partial charge < -0.3 is 14.8 Å². The van der Waals surface area contributed by atoms with Gasteiger partial charge in [0.2, 0.25) is 12.2 Å². The molecular formula is C21H24FNO3S. The van der Waals surface area contributed by atoms with E-state index in [-0.39, 0.29) is 11.7 Å². The molecule has 0 radical (unpaired) electrons. The molecule has 1 amide bonds. The molecule has 0 saturated carbocycles. The molecule has 1 aliphatic rings. The van der Waals surface area contributed by atoms with Gasteiger partial charge in [0.1, 0.15) is 11.6 Å². The van der Waals surface area contributed by atoms with Crippen LogP contribution in [0.1, 0.15) is 42.7 Å². The third kappa shape index (κ3) is 5.47. The van der Waals surface area contributed by atoms with Crippen LogP contribution in [0.3, 0.4) is 0 Å². The van der Waals surface area contributed by atoms with Crippen LogP contribution < -0.4 is 10.1 Å². The van der Waals surface area contributed by atoms with Crippen molar-refractivity contribution < 1.29 is 18.7 Å². The zero-order valence-electron chi connectivity index (χ0n) is 15.4. The second-order valence-electron chi connectivity index (χ2n) is 6.42. The number of rotatable bonds is 8. The maximum atomic E-state index is 14.0. The van der Waals surface area contributed by atoms with Crippen molar-refractivity contribution in [2.75, 3.05) is 12.3 Å². The van der Waals surface area contributed by atoms with Crippen molar-refractivity contribution in [2.45, 2.75) is 38.4 Å². The number of benzene rings is 2. The smallest absolute Gasteiger partial charge is 0.230 e. The minimum Gasteiger partial charge on any atom is -0.460 e. The van der Waals surface area contributed by atoms with E-state index in [0.29, 0.717) is 36.0 Å². The maximum Gasteiger partial charge on any atom is 0.230 e. The van der Waals surface area contributed by atoms with Crippen molar-refractivity contribution in [3.63, 3.8) is 0 Å². The summed E-state index contributed by atoms with van der Waals surface area (Å²) in [5.74, 6) is 1.19. The first-order valence-electron chi connectivity index (χ1n) is 9.16. The van der Waals surface area contributed by atoms with E-state index in [1.54, 1.807) is 0 Å². The Morgan fingerprint density at radius 3 is 2.89 bits per heavy atom. The number of unbranched alkanes of at least 4 members (excludes halogenated alkanes) is 1. The van der Waals surface area contributed by atoms with E-state index in [1.807, 2.05) is 30.3 Å². The van der Waals surface area contributed by atoms with Crippen LogP contribution in [0.15, 0.2) is 42.5 Å². The zero-order valence-corrected chi connectivity index (χ0v) is 16.2. The topological polar surface area (TPSA) is 47.6 Å². The van der Waals surface area contributed by atoms with Crippen LogP contribution in [0, 0.1) is 5.82 Å². The lowest BCUT2D eigenvalue weighted by Gasteiger charge is -2.28. The molecule has 0 saturated heterocycles. The van der Waals surface area contributed by atoms with Crippen molar-refractivity contribution >= 4 is 17.7 Å². The Hall–Kier alpha value is -2.05. The van der Waals surface area contributed by atoms with Crippen molar-refractivity contribution in [3.05, 3.63) is 65.0 Å². The van der Waals surface area contributed by atoms with Crippen molar-refractivity contribution in [3.8, 4) is 5.75 Å². The monoisotopic (exact) mass is 389 g/mol. The summed E-state index contributed by atoms with van der Waals surface area (Å²) in [4.78, 5) is 11.8. The summed E-state index contributed by atoms with van der Waals surface area (Å²) in [6, 6.07) is 12.6. The van der Waals surface area contributed by atoms with Gasteiger partial charge in [0, 0.05) is 29.0 Å². The number of thioether (sulfide) groups is 1. The number of carbonyl (C=O) groups excluding carboxylic acids is 1. The fourth-order valence-corrected chi connectivity index (χ4v) is 3.69. The summed E-state index contributed by atoms with van der Waals surface area (Å²) >= 11 is 1.45. The summed E-state index contributed by atoms with van der Waals surface area (Å²) in [7, 11) is 0. The van der Waals surface area contributed by atoms with Gasteiger partial charge in [0.05, 0.1) is 12.4 Å². The van der Waals surface area contributed by atoms with E-state index in [0.717, 1.165) is 24.0 Å². The van der Waals surface area contributed by atoms with Crippen LogP contribution >= 0.6 is 11.8 Å². The third-order valence-electron chi connectivity index (χ3n) is 4.24. The predicted molar refractivity (Wildman–Crippen MR) is 105 cm³/mol. The molecule has 6 heteroatoms. The van der Waals surface area contributed by atoms with E-state index in [1.165, 1.54) is 23.9 Å². The normalized spacial score (nSPS) is 15.7. The Morgan fingerprint density at radius 1 is 1.30 bits per heavy atom. The van der Waals surface area contributed by atoms with Gasteiger partial charge in [-0.2, -0.15) is 0 Å². The zero-order chi connectivity index (χ0) is 19.1. The molecule has 2 aromatic carbocycles.